The van der Waals surface area contributed by atoms with Crippen LogP contribution in [-0.2, 0) is 4.79 Å². The Morgan fingerprint density at radius 2 is 1.87 bits per heavy atom. The number of ether oxygens (including phenoxy) is 2. The second kappa shape index (κ2) is 5.76. The summed E-state index contributed by atoms with van der Waals surface area (Å²) in [6.07, 6.45) is 3.37. The average Bonchev–Trinajstić information content (AvgIpc) is 3.22. The number of rotatable bonds is 2. The van der Waals surface area contributed by atoms with Crippen LogP contribution in [0.5, 0.6) is 11.5 Å². The van der Waals surface area contributed by atoms with Crippen molar-refractivity contribution in [2.24, 2.45) is 0 Å². The van der Waals surface area contributed by atoms with Crippen LogP contribution in [0, 0.1) is 0 Å². The molecule has 2 fully saturated rings. The fourth-order valence-corrected chi connectivity index (χ4v) is 3.65. The van der Waals surface area contributed by atoms with Gasteiger partial charge in [0.15, 0.2) is 11.5 Å². The van der Waals surface area contributed by atoms with Gasteiger partial charge in [0, 0.05) is 37.7 Å². The van der Waals surface area contributed by atoms with Gasteiger partial charge in [0.05, 0.1) is 0 Å². The molecule has 6 nitrogen and oxygen atoms in total. The van der Waals surface area contributed by atoms with E-state index in [1.54, 1.807) is 18.2 Å². The topological polar surface area (TPSA) is 59.1 Å². The lowest BCUT2D eigenvalue weighted by atomic mass is 10.0. The summed E-state index contributed by atoms with van der Waals surface area (Å²) in [4.78, 5) is 28.4. The van der Waals surface area contributed by atoms with Gasteiger partial charge in [-0.25, -0.2) is 0 Å². The van der Waals surface area contributed by atoms with E-state index in [1.165, 1.54) is 0 Å². The summed E-state index contributed by atoms with van der Waals surface area (Å²) in [5, 5.41) is 0. The molecule has 3 aliphatic heterocycles. The molecule has 0 unspecified atom stereocenters. The summed E-state index contributed by atoms with van der Waals surface area (Å²) in [5.41, 5.74) is 0.630. The number of fused-ring (bicyclic) bond motifs is 1. The molecule has 0 spiro atoms. The second-order valence-electron chi connectivity index (χ2n) is 6.28. The predicted molar refractivity (Wildman–Crippen MR) is 82.4 cm³/mol. The van der Waals surface area contributed by atoms with Gasteiger partial charge in [-0.3, -0.25) is 9.59 Å². The molecular weight excluding hydrogens is 296 g/mol. The molecule has 122 valence electrons. The van der Waals surface area contributed by atoms with Gasteiger partial charge in [0.25, 0.3) is 5.91 Å². The first-order chi connectivity index (χ1) is 11.2. The minimum Gasteiger partial charge on any atom is -0.454 e. The molecular formula is C17H20N2O4. The van der Waals surface area contributed by atoms with E-state index < -0.39 is 0 Å². The third kappa shape index (κ3) is 2.62. The number of carbonyl (C=O) groups is 2. The molecule has 3 aliphatic rings. The molecule has 0 bridgehead atoms. The highest BCUT2D eigenvalue weighted by atomic mass is 16.7. The Kier molecular flexibility index (Phi) is 3.59. The zero-order valence-corrected chi connectivity index (χ0v) is 13.0. The van der Waals surface area contributed by atoms with Crippen LogP contribution in [0.3, 0.4) is 0 Å². The largest absolute Gasteiger partial charge is 0.454 e. The maximum absolute atomic E-state index is 12.6. The zero-order chi connectivity index (χ0) is 15.8. The molecule has 0 aromatic heterocycles. The number of carbonyl (C=O) groups excluding carboxylic acids is 2. The minimum absolute atomic E-state index is 0.0227. The molecule has 6 heteroatoms. The monoisotopic (exact) mass is 316 g/mol. The van der Waals surface area contributed by atoms with Crippen molar-refractivity contribution in [1.29, 1.82) is 0 Å². The molecule has 3 heterocycles. The van der Waals surface area contributed by atoms with Crippen LogP contribution in [-0.4, -0.2) is 54.1 Å². The molecule has 1 aromatic carbocycles. The van der Waals surface area contributed by atoms with Crippen LogP contribution in [0.25, 0.3) is 0 Å². The van der Waals surface area contributed by atoms with Crippen molar-refractivity contribution in [2.45, 2.75) is 31.7 Å². The third-order valence-corrected chi connectivity index (χ3v) is 4.92. The highest BCUT2D eigenvalue weighted by Gasteiger charge is 2.32. The summed E-state index contributed by atoms with van der Waals surface area (Å²) in [6, 6.07) is 5.61. The van der Waals surface area contributed by atoms with Crippen molar-refractivity contribution in [1.82, 2.24) is 9.80 Å². The summed E-state index contributed by atoms with van der Waals surface area (Å²) in [6.45, 7) is 2.48. The highest BCUT2D eigenvalue weighted by molar-refractivity contribution is 5.95. The van der Waals surface area contributed by atoms with Crippen LogP contribution < -0.4 is 9.47 Å². The van der Waals surface area contributed by atoms with Gasteiger partial charge in [0.1, 0.15) is 0 Å². The normalized spacial score (nSPS) is 21.1. The van der Waals surface area contributed by atoms with Gasteiger partial charge in [-0.05, 0) is 37.5 Å². The van der Waals surface area contributed by atoms with E-state index in [0.29, 0.717) is 42.6 Å². The number of nitrogens with zero attached hydrogens (tertiary/aromatic N) is 2. The van der Waals surface area contributed by atoms with Crippen molar-refractivity contribution < 1.29 is 19.1 Å². The van der Waals surface area contributed by atoms with Crippen molar-refractivity contribution in [3.05, 3.63) is 23.8 Å². The molecule has 0 N–H and O–H groups in total. The van der Waals surface area contributed by atoms with Crippen LogP contribution in [0.15, 0.2) is 18.2 Å². The number of hydrogen-bond donors (Lipinski definition) is 0. The molecule has 0 radical (unpaired) electrons. The summed E-state index contributed by atoms with van der Waals surface area (Å²) >= 11 is 0. The van der Waals surface area contributed by atoms with E-state index in [2.05, 4.69) is 0 Å². The Hall–Kier alpha value is -2.24. The first-order valence-corrected chi connectivity index (χ1v) is 8.21. The van der Waals surface area contributed by atoms with E-state index in [-0.39, 0.29) is 18.6 Å². The first-order valence-electron chi connectivity index (χ1n) is 8.21. The SMILES string of the molecule is O=C(c1ccc2c(c1)OCO2)N1CCC(N2CCCC2=O)CC1. The first kappa shape index (κ1) is 14.4. The van der Waals surface area contributed by atoms with Gasteiger partial charge in [-0.1, -0.05) is 0 Å². The maximum Gasteiger partial charge on any atom is 0.253 e. The molecule has 23 heavy (non-hydrogen) atoms. The lowest BCUT2D eigenvalue weighted by Gasteiger charge is -2.36. The van der Waals surface area contributed by atoms with E-state index in [4.69, 9.17) is 9.47 Å². The standard InChI is InChI=1S/C17H20N2O4/c20-16-2-1-7-19(16)13-5-8-18(9-6-13)17(21)12-3-4-14-15(10-12)23-11-22-14/h3-4,10,13H,1-2,5-9,11H2. The Bertz CT molecular complexity index is 637. The highest BCUT2D eigenvalue weighted by Crippen LogP contribution is 2.33. The Morgan fingerprint density at radius 1 is 1.09 bits per heavy atom. The zero-order valence-electron chi connectivity index (χ0n) is 13.0. The van der Waals surface area contributed by atoms with Gasteiger partial charge >= 0.3 is 0 Å². The number of amides is 2. The maximum atomic E-state index is 12.6. The molecule has 0 atom stereocenters. The predicted octanol–water partition coefficient (Wildman–Crippen LogP) is 1.64. The quantitative estimate of drug-likeness (QED) is 0.832. The van der Waals surface area contributed by atoms with Crippen LogP contribution in [0.2, 0.25) is 0 Å². The summed E-state index contributed by atoms with van der Waals surface area (Å²) in [7, 11) is 0. The Morgan fingerprint density at radius 3 is 2.61 bits per heavy atom. The van der Waals surface area contributed by atoms with Gasteiger partial charge in [-0.15, -0.1) is 0 Å². The molecule has 2 amide bonds. The number of piperidine rings is 1. The molecule has 1 aromatic rings. The van der Waals surface area contributed by atoms with Crippen molar-refractivity contribution >= 4 is 11.8 Å². The van der Waals surface area contributed by atoms with E-state index in [9.17, 15) is 9.59 Å². The molecule has 0 saturated carbocycles. The Labute approximate surface area is 134 Å². The number of likely N-dealkylation sites (tertiary alicyclic amines) is 2. The average molecular weight is 316 g/mol. The van der Waals surface area contributed by atoms with Gasteiger partial charge in [0.2, 0.25) is 12.7 Å². The second-order valence-corrected chi connectivity index (χ2v) is 6.28. The lowest BCUT2D eigenvalue weighted by Crippen LogP contribution is -2.47. The van der Waals surface area contributed by atoms with E-state index in [1.807, 2.05) is 9.80 Å². The summed E-state index contributed by atoms with van der Waals surface area (Å²) in [5.74, 6) is 1.61. The van der Waals surface area contributed by atoms with Crippen molar-refractivity contribution in [3.63, 3.8) is 0 Å². The lowest BCUT2D eigenvalue weighted by molar-refractivity contribution is -0.130. The summed E-state index contributed by atoms with van der Waals surface area (Å²) < 4.78 is 10.6. The number of benzene rings is 1. The fourth-order valence-electron chi connectivity index (χ4n) is 3.65. The van der Waals surface area contributed by atoms with Gasteiger partial charge < -0.3 is 19.3 Å². The van der Waals surface area contributed by atoms with E-state index >= 15 is 0 Å². The molecule has 2 saturated heterocycles. The van der Waals surface area contributed by atoms with Crippen molar-refractivity contribution in [2.75, 3.05) is 26.4 Å². The van der Waals surface area contributed by atoms with Crippen LogP contribution in [0.1, 0.15) is 36.0 Å². The minimum atomic E-state index is 0.0227. The van der Waals surface area contributed by atoms with E-state index in [0.717, 1.165) is 25.8 Å². The smallest absolute Gasteiger partial charge is 0.253 e. The van der Waals surface area contributed by atoms with Crippen LogP contribution in [0.4, 0.5) is 0 Å². The molecule has 0 aliphatic carbocycles. The third-order valence-electron chi connectivity index (χ3n) is 4.92. The van der Waals surface area contributed by atoms with Gasteiger partial charge in [-0.2, -0.15) is 0 Å². The Balaban J connectivity index is 1.40. The van der Waals surface area contributed by atoms with Crippen LogP contribution >= 0.6 is 0 Å². The fraction of sp³-hybridized carbons (Fsp3) is 0.529. The van der Waals surface area contributed by atoms with Crippen molar-refractivity contribution in [3.8, 4) is 11.5 Å². The molecule has 4 rings (SSSR count). The number of hydrogen-bond acceptors (Lipinski definition) is 4.